The monoisotopic (exact) mass is 387 g/mol. The second-order valence-electron chi connectivity index (χ2n) is 8.17. The van der Waals surface area contributed by atoms with Gasteiger partial charge in [0, 0.05) is 23.8 Å². The maximum absolute atomic E-state index is 12.9. The molecular formula is C18H30ClN3O2S. The molecule has 142 valence electrons. The molecule has 3 aliphatic carbocycles. The molecule has 0 radical (unpaired) electrons. The lowest BCUT2D eigenvalue weighted by Gasteiger charge is -2.45. The van der Waals surface area contributed by atoms with Gasteiger partial charge in [0.15, 0.2) is 0 Å². The minimum absolute atomic E-state index is 0. The number of carbonyl (C=O) groups is 2. The number of rotatable bonds is 3. The highest BCUT2D eigenvalue weighted by Crippen LogP contribution is 2.40. The van der Waals surface area contributed by atoms with Gasteiger partial charge in [0.25, 0.3) is 0 Å². The van der Waals surface area contributed by atoms with Gasteiger partial charge in [-0.3, -0.25) is 9.59 Å². The number of nitrogens with two attached hydrogens (primary N) is 1. The van der Waals surface area contributed by atoms with Crippen LogP contribution in [0.4, 0.5) is 0 Å². The summed E-state index contributed by atoms with van der Waals surface area (Å²) in [7, 11) is 0. The minimum Gasteiger partial charge on any atom is -0.351 e. The minimum atomic E-state index is -0.264. The SMILES string of the molecule is Cl.NC1CC2CCCC(C1)C2NC(=O)C1CSCN1C(=O)C1CCC1. The Balaban J connectivity index is 0.00000182. The number of carbonyl (C=O) groups excluding carboxylic acids is 2. The van der Waals surface area contributed by atoms with Crippen LogP contribution in [-0.2, 0) is 9.59 Å². The Morgan fingerprint density at radius 1 is 1.04 bits per heavy atom. The molecule has 4 fully saturated rings. The second-order valence-corrected chi connectivity index (χ2v) is 9.17. The first kappa shape index (κ1) is 19.3. The van der Waals surface area contributed by atoms with Crippen molar-refractivity contribution in [2.75, 3.05) is 11.6 Å². The van der Waals surface area contributed by atoms with Gasteiger partial charge in [-0.25, -0.2) is 0 Å². The largest absolute Gasteiger partial charge is 0.351 e. The highest BCUT2D eigenvalue weighted by molar-refractivity contribution is 7.99. The Morgan fingerprint density at radius 2 is 1.68 bits per heavy atom. The summed E-state index contributed by atoms with van der Waals surface area (Å²) < 4.78 is 0. The molecule has 7 heteroatoms. The van der Waals surface area contributed by atoms with E-state index in [0.29, 0.717) is 23.8 Å². The van der Waals surface area contributed by atoms with E-state index in [2.05, 4.69) is 5.32 Å². The number of hydrogen-bond donors (Lipinski definition) is 2. The number of thioether (sulfide) groups is 1. The van der Waals surface area contributed by atoms with Crippen molar-refractivity contribution >= 4 is 36.0 Å². The molecule has 4 aliphatic rings. The Morgan fingerprint density at radius 3 is 2.28 bits per heavy atom. The molecule has 4 rings (SSSR count). The molecular weight excluding hydrogens is 358 g/mol. The van der Waals surface area contributed by atoms with E-state index in [1.165, 1.54) is 19.3 Å². The van der Waals surface area contributed by atoms with Gasteiger partial charge >= 0.3 is 0 Å². The summed E-state index contributed by atoms with van der Waals surface area (Å²) in [6, 6.07) is 0.309. The first-order chi connectivity index (χ1) is 11.6. The molecule has 0 aromatic heterocycles. The number of nitrogens with zero attached hydrogens (tertiary/aromatic N) is 1. The van der Waals surface area contributed by atoms with Crippen LogP contribution >= 0.6 is 24.2 Å². The van der Waals surface area contributed by atoms with Crippen molar-refractivity contribution in [3.63, 3.8) is 0 Å². The standard InChI is InChI=1S/C18H29N3O2S.ClH/c19-14-7-12-5-2-6-13(8-14)16(12)20-17(22)15-9-24-10-21(15)18(23)11-3-1-4-11;/h11-16H,1-10,19H2,(H,20,22);1H. The number of fused-ring (bicyclic) bond motifs is 2. The van der Waals surface area contributed by atoms with E-state index in [0.717, 1.165) is 37.9 Å². The third-order valence-electron chi connectivity index (χ3n) is 6.61. The molecule has 1 heterocycles. The average molecular weight is 388 g/mol. The van der Waals surface area contributed by atoms with Crippen molar-refractivity contribution in [2.24, 2.45) is 23.5 Å². The first-order valence-electron chi connectivity index (χ1n) is 9.57. The van der Waals surface area contributed by atoms with Crippen molar-refractivity contribution < 1.29 is 9.59 Å². The summed E-state index contributed by atoms with van der Waals surface area (Å²) in [6.07, 6.45) is 8.84. The van der Waals surface area contributed by atoms with Crippen LogP contribution in [0.2, 0.25) is 0 Å². The molecule has 3 saturated carbocycles. The Labute approximate surface area is 160 Å². The van der Waals surface area contributed by atoms with E-state index >= 15 is 0 Å². The van der Waals surface area contributed by atoms with E-state index in [1.54, 1.807) is 11.8 Å². The summed E-state index contributed by atoms with van der Waals surface area (Å²) in [5.41, 5.74) is 6.19. The number of nitrogens with one attached hydrogen (secondary N) is 1. The van der Waals surface area contributed by atoms with Crippen LogP contribution in [0.15, 0.2) is 0 Å². The van der Waals surface area contributed by atoms with Crippen LogP contribution in [0, 0.1) is 17.8 Å². The lowest BCUT2D eigenvalue weighted by Crippen LogP contribution is -2.58. The molecule has 3 N–H and O–H groups in total. The topological polar surface area (TPSA) is 75.4 Å². The fourth-order valence-corrected chi connectivity index (χ4v) is 6.22. The van der Waals surface area contributed by atoms with Gasteiger partial charge in [-0.15, -0.1) is 24.2 Å². The summed E-state index contributed by atoms with van der Waals surface area (Å²) in [5.74, 6) is 2.93. The van der Waals surface area contributed by atoms with Gasteiger partial charge in [0.05, 0.1) is 5.88 Å². The molecule has 1 saturated heterocycles. The third kappa shape index (κ3) is 3.81. The predicted octanol–water partition coefficient (Wildman–Crippen LogP) is 2.13. The van der Waals surface area contributed by atoms with Crippen LogP contribution in [0.5, 0.6) is 0 Å². The van der Waals surface area contributed by atoms with Gasteiger partial charge in [-0.1, -0.05) is 12.8 Å². The van der Waals surface area contributed by atoms with E-state index in [4.69, 9.17) is 5.73 Å². The molecule has 3 atom stereocenters. The van der Waals surface area contributed by atoms with Crippen molar-refractivity contribution in [1.82, 2.24) is 10.2 Å². The quantitative estimate of drug-likeness (QED) is 0.777. The van der Waals surface area contributed by atoms with Crippen molar-refractivity contribution in [2.45, 2.75) is 69.5 Å². The zero-order valence-corrected chi connectivity index (χ0v) is 16.3. The Bertz CT molecular complexity index is 503. The van der Waals surface area contributed by atoms with Gasteiger partial charge in [0.2, 0.25) is 11.8 Å². The zero-order chi connectivity index (χ0) is 16.7. The molecule has 25 heavy (non-hydrogen) atoms. The van der Waals surface area contributed by atoms with Crippen LogP contribution < -0.4 is 11.1 Å². The first-order valence-corrected chi connectivity index (χ1v) is 10.7. The summed E-state index contributed by atoms with van der Waals surface area (Å²) in [5, 5.41) is 3.34. The van der Waals surface area contributed by atoms with E-state index in [-0.39, 0.29) is 42.2 Å². The molecule has 0 aromatic rings. The smallest absolute Gasteiger partial charge is 0.243 e. The fourth-order valence-electron chi connectivity index (χ4n) is 5.05. The van der Waals surface area contributed by atoms with Crippen LogP contribution in [0.1, 0.15) is 51.4 Å². The molecule has 1 aliphatic heterocycles. The fraction of sp³-hybridized carbons (Fsp3) is 0.889. The van der Waals surface area contributed by atoms with Gasteiger partial charge in [-0.2, -0.15) is 0 Å². The molecule has 5 nitrogen and oxygen atoms in total. The molecule has 0 aromatic carbocycles. The normalized spacial score (nSPS) is 37.8. The summed E-state index contributed by atoms with van der Waals surface area (Å²) >= 11 is 1.71. The predicted molar refractivity (Wildman–Crippen MR) is 103 cm³/mol. The third-order valence-corrected chi connectivity index (χ3v) is 7.62. The Kier molecular flexibility index (Phi) is 6.22. The number of amides is 2. The molecule has 3 unspecified atom stereocenters. The second kappa shape index (κ2) is 8.05. The van der Waals surface area contributed by atoms with Crippen LogP contribution in [0.3, 0.4) is 0 Å². The van der Waals surface area contributed by atoms with Crippen molar-refractivity contribution in [1.29, 1.82) is 0 Å². The van der Waals surface area contributed by atoms with E-state index in [9.17, 15) is 9.59 Å². The van der Waals surface area contributed by atoms with Gasteiger partial charge in [-0.05, 0) is 50.4 Å². The Hall–Kier alpha value is -0.460. The maximum atomic E-state index is 12.9. The van der Waals surface area contributed by atoms with E-state index < -0.39 is 0 Å². The van der Waals surface area contributed by atoms with E-state index in [1.807, 2.05) is 4.90 Å². The molecule has 2 bridgehead atoms. The van der Waals surface area contributed by atoms with Crippen LogP contribution in [0.25, 0.3) is 0 Å². The molecule has 0 spiro atoms. The van der Waals surface area contributed by atoms with Crippen molar-refractivity contribution in [3.05, 3.63) is 0 Å². The highest BCUT2D eigenvalue weighted by atomic mass is 35.5. The van der Waals surface area contributed by atoms with Gasteiger partial charge < -0.3 is 16.0 Å². The maximum Gasteiger partial charge on any atom is 0.243 e. The summed E-state index contributed by atoms with van der Waals surface area (Å²) in [6.45, 7) is 0. The van der Waals surface area contributed by atoms with Crippen molar-refractivity contribution in [3.8, 4) is 0 Å². The number of halogens is 1. The number of hydrogen-bond acceptors (Lipinski definition) is 4. The summed E-state index contributed by atoms with van der Waals surface area (Å²) in [4.78, 5) is 27.4. The van der Waals surface area contributed by atoms with Gasteiger partial charge in [0.1, 0.15) is 6.04 Å². The lowest BCUT2D eigenvalue weighted by atomic mass is 9.67. The van der Waals surface area contributed by atoms with Crippen LogP contribution in [-0.4, -0.2) is 46.5 Å². The highest BCUT2D eigenvalue weighted by Gasteiger charge is 2.43. The lowest BCUT2D eigenvalue weighted by molar-refractivity contribution is -0.143. The average Bonchev–Trinajstić information content (AvgIpc) is 2.96. The molecule has 2 amide bonds. The zero-order valence-electron chi connectivity index (χ0n) is 14.7.